The Hall–Kier alpha value is -1.69. The minimum absolute atomic E-state index is 0.178. The Morgan fingerprint density at radius 1 is 1.18 bits per heavy atom. The molecule has 0 bridgehead atoms. The number of rotatable bonds is 3. The van der Waals surface area contributed by atoms with Gasteiger partial charge >= 0.3 is 10.2 Å². The van der Waals surface area contributed by atoms with Crippen molar-refractivity contribution in [2.24, 2.45) is 0 Å². The van der Waals surface area contributed by atoms with Crippen LogP contribution in [0.5, 0.6) is 0 Å². The molecule has 0 N–H and O–H groups in total. The molecule has 0 aliphatic carbocycles. The van der Waals surface area contributed by atoms with E-state index in [1.54, 1.807) is 30.3 Å². The third-order valence-electron chi connectivity index (χ3n) is 2.46. The van der Waals surface area contributed by atoms with E-state index in [0.29, 0.717) is 5.39 Å². The van der Waals surface area contributed by atoms with Crippen LogP contribution < -0.4 is 5.56 Å². The quantitative estimate of drug-likeness (QED) is 0.777. The Labute approximate surface area is 97.5 Å². The molecular weight excluding hydrogens is 245 g/mol. The first-order chi connectivity index (χ1) is 7.97. The van der Waals surface area contributed by atoms with E-state index < -0.39 is 16.0 Å². The molecule has 0 fully saturated rings. The summed E-state index contributed by atoms with van der Waals surface area (Å²) < 4.78 is 34.4. The largest absolute Gasteiger partial charge is 0.314 e. The number of aryl methyl sites for hydroxylation is 1. The van der Waals surface area contributed by atoms with Gasteiger partial charge in [0.2, 0.25) is 0 Å². The number of benzene rings is 1. The number of hydrogen-bond donors (Lipinski definition) is 0. The number of pyridine rings is 1. The van der Waals surface area contributed by atoms with Gasteiger partial charge in [-0.2, -0.15) is 8.42 Å². The Morgan fingerprint density at radius 2 is 1.88 bits per heavy atom. The summed E-state index contributed by atoms with van der Waals surface area (Å²) in [6, 6.07) is 8.66. The van der Waals surface area contributed by atoms with E-state index >= 15 is 0 Å². The maximum Gasteiger partial charge on any atom is 0.304 e. The van der Waals surface area contributed by atoms with Crippen LogP contribution in [0.2, 0.25) is 0 Å². The minimum Gasteiger partial charge on any atom is -0.314 e. The summed E-state index contributed by atoms with van der Waals surface area (Å²) >= 11 is 0. The van der Waals surface area contributed by atoms with Gasteiger partial charge in [0.15, 0.2) is 0 Å². The van der Waals surface area contributed by atoms with Gasteiger partial charge in [-0.1, -0.05) is 18.2 Å². The summed E-state index contributed by atoms with van der Waals surface area (Å²) in [5, 5.41) is 1.27. The monoisotopic (exact) mass is 255 g/mol. The second-order valence-corrected chi connectivity index (χ2v) is 5.13. The second kappa shape index (κ2) is 4.29. The molecule has 0 aliphatic heterocycles. The lowest BCUT2D eigenvalue weighted by Gasteiger charge is -2.05. The van der Waals surface area contributed by atoms with E-state index in [1.807, 2.05) is 0 Å². The van der Waals surface area contributed by atoms with Crippen LogP contribution in [0.15, 0.2) is 41.3 Å². The molecule has 2 rings (SSSR count). The first-order valence-electron chi connectivity index (χ1n) is 4.98. The highest BCUT2D eigenvalue weighted by Gasteiger charge is 2.08. The lowest BCUT2D eigenvalue weighted by atomic mass is 10.2. The first-order valence-corrected chi connectivity index (χ1v) is 6.53. The van der Waals surface area contributed by atoms with Gasteiger partial charge in [-0.05, 0) is 17.5 Å². The molecule has 0 atom stereocenters. The molecule has 0 unspecified atom stereocenters. The molecule has 4 nitrogen and oxygen atoms in total. The van der Waals surface area contributed by atoms with Gasteiger partial charge in [-0.25, -0.2) is 0 Å². The third-order valence-corrected chi connectivity index (χ3v) is 3.13. The molecular formula is C11H10FNO3S. The van der Waals surface area contributed by atoms with Crippen molar-refractivity contribution in [1.82, 2.24) is 4.57 Å². The van der Waals surface area contributed by atoms with Crippen molar-refractivity contribution < 1.29 is 12.3 Å². The van der Waals surface area contributed by atoms with E-state index in [0.717, 1.165) is 5.39 Å². The van der Waals surface area contributed by atoms with Gasteiger partial charge in [-0.3, -0.25) is 4.79 Å². The number of hydrogen-bond acceptors (Lipinski definition) is 3. The predicted octanol–water partition coefficient (Wildman–Crippen LogP) is 1.30. The molecule has 6 heteroatoms. The zero-order valence-electron chi connectivity index (χ0n) is 8.84. The van der Waals surface area contributed by atoms with E-state index in [9.17, 15) is 17.1 Å². The molecule has 0 aliphatic rings. The van der Waals surface area contributed by atoms with Crippen LogP contribution in [-0.2, 0) is 16.8 Å². The van der Waals surface area contributed by atoms with E-state index in [-0.39, 0.29) is 12.1 Å². The molecule has 17 heavy (non-hydrogen) atoms. The fourth-order valence-corrected chi connectivity index (χ4v) is 2.03. The minimum atomic E-state index is -4.55. The summed E-state index contributed by atoms with van der Waals surface area (Å²) in [7, 11) is -4.55. The van der Waals surface area contributed by atoms with Crippen LogP contribution in [-0.4, -0.2) is 18.7 Å². The van der Waals surface area contributed by atoms with Gasteiger partial charge in [0.1, 0.15) is 0 Å². The molecule has 1 aromatic heterocycles. The average Bonchev–Trinajstić information content (AvgIpc) is 2.27. The maximum absolute atomic E-state index is 12.4. The van der Waals surface area contributed by atoms with E-state index in [4.69, 9.17) is 0 Å². The first kappa shape index (κ1) is 11.8. The molecule has 1 heterocycles. The third kappa shape index (κ3) is 2.71. The highest BCUT2D eigenvalue weighted by atomic mass is 32.3. The molecule has 1 aromatic carbocycles. The topological polar surface area (TPSA) is 56.1 Å². The number of fused-ring (bicyclic) bond motifs is 1. The summed E-state index contributed by atoms with van der Waals surface area (Å²) in [5.74, 6) is -0.689. The van der Waals surface area contributed by atoms with Gasteiger partial charge in [0.05, 0.1) is 5.75 Å². The van der Waals surface area contributed by atoms with Crippen molar-refractivity contribution in [3.63, 3.8) is 0 Å². The molecule has 0 saturated heterocycles. The molecule has 0 radical (unpaired) electrons. The fourth-order valence-electron chi connectivity index (χ4n) is 1.61. The van der Waals surface area contributed by atoms with Crippen LogP contribution >= 0.6 is 0 Å². The van der Waals surface area contributed by atoms with Crippen molar-refractivity contribution in [1.29, 1.82) is 0 Å². The SMILES string of the molecule is O=c1c2ccccc2ccn1CCS(=O)(=O)F. The van der Waals surface area contributed by atoms with Crippen molar-refractivity contribution in [2.45, 2.75) is 6.54 Å². The number of halogens is 1. The van der Waals surface area contributed by atoms with Crippen molar-refractivity contribution in [2.75, 3.05) is 5.75 Å². The fraction of sp³-hybridized carbons (Fsp3) is 0.182. The van der Waals surface area contributed by atoms with Gasteiger partial charge in [0, 0.05) is 18.1 Å². The highest BCUT2D eigenvalue weighted by molar-refractivity contribution is 7.86. The number of aromatic nitrogens is 1. The number of nitrogens with zero attached hydrogens (tertiary/aromatic N) is 1. The van der Waals surface area contributed by atoms with Crippen LogP contribution in [0.4, 0.5) is 3.89 Å². The van der Waals surface area contributed by atoms with Crippen LogP contribution in [0, 0.1) is 0 Å². The van der Waals surface area contributed by atoms with Crippen molar-refractivity contribution >= 4 is 21.0 Å². The van der Waals surface area contributed by atoms with Crippen LogP contribution in [0.1, 0.15) is 0 Å². The Balaban J connectivity index is 2.43. The van der Waals surface area contributed by atoms with E-state index in [1.165, 1.54) is 10.8 Å². The smallest absolute Gasteiger partial charge is 0.304 e. The summed E-state index contributed by atoms with van der Waals surface area (Å²) in [6.45, 7) is -0.178. The molecule has 2 aromatic rings. The average molecular weight is 255 g/mol. The Kier molecular flexibility index (Phi) is 2.97. The lowest BCUT2D eigenvalue weighted by Crippen LogP contribution is -2.22. The molecule has 0 spiro atoms. The standard InChI is InChI=1S/C11H10FNO3S/c12-17(15,16)8-7-13-6-5-9-3-1-2-4-10(9)11(13)14/h1-6H,7-8H2. The predicted molar refractivity (Wildman–Crippen MR) is 63.1 cm³/mol. The summed E-state index contributed by atoms with van der Waals surface area (Å²) in [5.41, 5.74) is -0.313. The normalized spacial score (nSPS) is 11.8. The van der Waals surface area contributed by atoms with E-state index in [2.05, 4.69) is 0 Å². The Morgan fingerprint density at radius 3 is 2.59 bits per heavy atom. The molecule has 0 saturated carbocycles. The van der Waals surface area contributed by atoms with Crippen molar-refractivity contribution in [3.05, 3.63) is 46.9 Å². The Bertz CT molecular complexity index is 706. The van der Waals surface area contributed by atoms with Gasteiger partial charge in [-0.15, -0.1) is 3.89 Å². The van der Waals surface area contributed by atoms with Crippen LogP contribution in [0.3, 0.4) is 0 Å². The maximum atomic E-state index is 12.4. The summed E-state index contributed by atoms with van der Waals surface area (Å²) in [4.78, 5) is 11.9. The van der Waals surface area contributed by atoms with Crippen molar-refractivity contribution in [3.8, 4) is 0 Å². The molecule has 90 valence electrons. The molecule has 0 amide bonds. The van der Waals surface area contributed by atoms with Gasteiger partial charge in [0.25, 0.3) is 5.56 Å². The second-order valence-electron chi connectivity index (χ2n) is 3.64. The summed E-state index contributed by atoms with van der Waals surface area (Å²) in [6.07, 6.45) is 1.47. The lowest BCUT2D eigenvalue weighted by molar-refractivity contribution is 0.544. The van der Waals surface area contributed by atoms with Gasteiger partial charge < -0.3 is 4.57 Å². The zero-order valence-corrected chi connectivity index (χ0v) is 9.65. The zero-order chi connectivity index (χ0) is 12.5. The highest BCUT2D eigenvalue weighted by Crippen LogP contribution is 2.08. The van der Waals surface area contributed by atoms with Crippen LogP contribution in [0.25, 0.3) is 10.8 Å².